The van der Waals surface area contributed by atoms with Gasteiger partial charge in [-0.2, -0.15) is 0 Å². The number of carbonyl (C=O) groups is 1. The van der Waals surface area contributed by atoms with E-state index in [4.69, 9.17) is 5.73 Å². The SMILES string of the molecule is NCCCN(C(=O)c1ccc(O)cc1F)C1CCC1. The molecule has 1 saturated carbocycles. The minimum absolute atomic E-state index is 0.0155. The molecule has 1 aromatic rings. The molecular weight excluding hydrogens is 247 g/mol. The summed E-state index contributed by atoms with van der Waals surface area (Å²) in [5.74, 6) is -1.16. The summed E-state index contributed by atoms with van der Waals surface area (Å²) in [5.41, 5.74) is 5.50. The van der Waals surface area contributed by atoms with Crippen molar-refractivity contribution in [1.29, 1.82) is 0 Å². The lowest BCUT2D eigenvalue weighted by Gasteiger charge is -2.37. The molecule has 0 aliphatic heterocycles. The van der Waals surface area contributed by atoms with Gasteiger partial charge in [-0.05, 0) is 44.4 Å². The second-order valence-electron chi connectivity index (χ2n) is 4.89. The third-order valence-corrected chi connectivity index (χ3v) is 3.56. The number of aromatic hydroxyl groups is 1. The van der Waals surface area contributed by atoms with Crippen LogP contribution in [0.5, 0.6) is 5.75 Å². The monoisotopic (exact) mass is 266 g/mol. The summed E-state index contributed by atoms with van der Waals surface area (Å²) < 4.78 is 13.7. The normalized spacial score (nSPS) is 15.1. The molecule has 0 unspecified atom stereocenters. The maximum Gasteiger partial charge on any atom is 0.257 e. The van der Waals surface area contributed by atoms with E-state index in [1.807, 2.05) is 0 Å². The quantitative estimate of drug-likeness (QED) is 0.855. The Balaban J connectivity index is 2.17. The first-order valence-electron chi connectivity index (χ1n) is 6.63. The van der Waals surface area contributed by atoms with Crippen molar-refractivity contribution in [3.63, 3.8) is 0 Å². The zero-order valence-electron chi connectivity index (χ0n) is 10.8. The van der Waals surface area contributed by atoms with Gasteiger partial charge in [-0.3, -0.25) is 4.79 Å². The fourth-order valence-corrected chi connectivity index (χ4v) is 2.24. The number of halogens is 1. The van der Waals surface area contributed by atoms with Crippen molar-refractivity contribution in [3.8, 4) is 5.75 Å². The topological polar surface area (TPSA) is 66.6 Å². The van der Waals surface area contributed by atoms with Gasteiger partial charge in [-0.15, -0.1) is 0 Å². The van der Waals surface area contributed by atoms with E-state index >= 15 is 0 Å². The van der Waals surface area contributed by atoms with E-state index in [2.05, 4.69) is 0 Å². The maximum absolute atomic E-state index is 13.7. The number of phenols is 1. The van der Waals surface area contributed by atoms with Gasteiger partial charge in [0.1, 0.15) is 11.6 Å². The molecular formula is C14H19FN2O2. The van der Waals surface area contributed by atoms with E-state index in [1.54, 1.807) is 4.90 Å². The highest BCUT2D eigenvalue weighted by Crippen LogP contribution is 2.27. The molecule has 0 bridgehead atoms. The molecule has 1 aliphatic rings. The number of amides is 1. The molecule has 104 valence electrons. The van der Waals surface area contributed by atoms with Crippen LogP contribution in [0.1, 0.15) is 36.0 Å². The van der Waals surface area contributed by atoms with Crippen LogP contribution >= 0.6 is 0 Å². The number of nitrogens with two attached hydrogens (primary N) is 1. The predicted molar refractivity (Wildman–Crippen MR) is 70.4 cm³/mol. The van der Waals surface area contributed by atoms with Gasteiger partial charge in [0.05, 0.1) is 5.56 Å². The van der Waals surface area contributed by atoms with Gasteiger partial charge in [-0.25, -0.2) is 4.39 Å². The highest BCUT2D eigenvalue weighted by atomic mass is 19.1. The van der Waals surface area contributed by atoms with Crippen LogP contribution in [0, 0.1) is 5.82 Å². The number of nitrogens with zero attached hydrogens (tertiary/aromatic N) is 1. The molecule has 0 spiro atoms. The molecule has 0 radical (unpaired) electrons. The van der Waals surface area contributed by atoms with Gasteiger partial charge >= 0.3 is 0 Å². The second kappa shape index (κ2) is 6.02. The molecule has 1 aromatic carbocycles. The van der Waals surface area contributed by atoms with Crippen molar-refractivity contribution in [2.75, 3.05) is 13.1 Å². The first-order valence-corrected chi connectivity index (χ1v) is 6.63. The van der Waals surface area contributed by atoms with E-state index in [0.717, 1.165) is 25.3 Å². The van der Waals surface area contributed by atoms with Gasteiger partial charge in [0, 0.05) is 18.7 Å². The molecule has 19 heavy (non-hydrogen) atoms. The summed E-state index contributed by atoms with van der Waals surface area (Å²) in [6.45, 7) is 1.06. The van der Waals surface area contributed by atoms with Gasteiger partial charge < -0.3 is 15.7 Å². The Morgan fingerprint density at radius 2 is 2.21 bits per heavy atom. The zero-order valence-corrected chi connectivity index (χ0v) is 10.8. The molecule has 2 rings (SSSR count). The van der Waals surface area contributed by atoms with Crippen LogP contribution in [0.2, 0.25) is 0 Å². The molecule has 0 aromatic heterocycles. The second-order valence-corrected chi connectivity index (χ2v) is 4.89. The van der Waals surface area contributed by atoms with Crippen molar-refractivity contribution in [1.82, 2.24) is 4.90 Å². The van der Waals surface area contributed by atoms with Crippen molar-refractivity contribution in [3.05, 3.63) is 29.6 Å². The summed E-state index contributed by atoms with van der Waals surface area (Å²) >= 11 is 0. The Kier molecular flexibility index (Phi) is 4.37. The van der Waals surface area contributed by atoms with Gasteiger partial charge in [0.25, 0.3) is 5.91 Å². The maximum atomic E-state index is 13.7. The Morgan fingerprint density at radius 3 is 2.74 bits per heavy atom. The fraction of sp³-hybridized carbons (Fsp3) is 0.500. The highest BCUT2D eigenvalue weighted by molar-refractivity contribution is 5.95. The molecule has 0 saturated heterocycles. The average molecular weight is 266 g/mol. The molecule has 3 N–H and O–H groups in total. The van der Waals surface area contributed by atoms with Crippen LogP contribution in [0.15, 0.2) is 18.2 Å². The Labute approximate surface area is 112 Å². The summed E-state index contributed by atoms with van der Waals surface area (Å²) in [4.78, 5) is 14.1. The smallest absolute Gasteiger partial charge is 0.257 e. The average Bonchev–Trinajstić information content (AvgIpc) is 2.31. The summed E-state index contributed by atoms with van der Waals surface area (Å²) in [5, 5.41) is 9.18. The summed E-state index contributed by atoms with van der Waals surface area (Å²) in [7, 11) is 0. The minimum atomic E-state index is -0.679. The van der Waals surface area contributed by atoms with Crippen LogP contribution in [-0.2, 0) is 0 Å². The Hall–Kier alpha value is -1.62. The minimum Gasteiger partial charge on any atom is -0.508 e. The van der Waals surface area contributed by atoms with E-state index in [1.165, 1.54) is 12.1 Å². The lowest BCUT2D eigenvalue weighted by atomic mass is 9.90. The van der Waals surface area contributed by atoms with Gasteiger partial charge in [-0.1, -0.05) is 0 Å². The van der Waals surface area contributed by atoms with Crippen molar-refractivity contribution >= 4 is 5.91 Å². The van der Waals surface area contributed by atoms with Crippen molar-refractivity contribution in [2.45, 2.75) is 31.7 Å². The van der Waals surface area contributed by atoms with Crippen LogP contribution in [0.4, 0.5) is 4.39 Å². The number of rotatable bonds is 5. The summed E-state index contributed by atoms with van der Waals surface area (Å²) in [6.07, 6.45) is 3.75. The van der Waals surface area contributed by atoms with Crippen LogP contribution in [0.25, 0.3) is 0 Å². The molecule has 1 aliphatic carbocycles. The molecule has 1 fully saturated rings. The first kappa shape index (κ1) is 13.8. The van der Waals surface area contributed by atoms with Crippen LogP contribution in [0.3, 0.4) is 0 Å². The van der Waals surface area contributed by atoms with Crippen LogP contribution < -0.4 is 5.73 Å². The van der Waals surface area contributed by atoms with E-state index in [-0.39, 0.29) is 23.3 Å². The molecule has 0 heterocycles. The Bertz CT molecular complexity index is 461. The third kappa shape index (κ3) is 3.04. The zero-order chi connectivity index (χ0) is 13.8. The number of phenolic OH excluding ortho intramolecular Hbond substituents is 1. The van der Waals surface area contributed by atoms with Gasteiger partial charge in [0.2, 0.25) is 0 Å². The molecule has 4 nitrogen and oxygen atoms in total. The highest BCUT2D eigenvalue weighted by Gasteiger charge is 2.30. The number of benzene rings is 1. The fourth-order valence-electron chi connectivity index (χ4n) is 2.24. The lowest BCUT2D eigenvalue weighted by molar-refractivity contribution is 0.0573. The third-order valence-electron chi connectivity index (χ3n) is 3.56. The number of hydrogen-bond acceptors (Lipinski definition) is 3. The standard InChI is InChI=1S/C14H19FN2O2/c15-13-9-11(18)5-6-12(13)14(19)17(8-2-7-16)10-3-1-4-10/h5-6,9-10,18H,1-4,7-8,16H2. The largest absolute Gasteiger partial charge is 0.508 e. The molecule has 1 amide bonds. The lowest BCUT2D eigenvalue weighted by Crippen LogP contribution is -2.45. The summed E-state index contributed by atoms with van der Waals surface area (Å²) in [6, 6.07) is 3.83. The van der Waals surface area contributed by atoms with Crippen molar-refractivity contribution < 1.29 is 14.3 Å². The predicted octanol–water partition coefficient (Wildman–Crippen LogP) is 1.87. The van der Waals surface area contributed by atoms with Crippen LogP contribution in [-0.4, -0.2) is 35.0 Å². The number of carbonyl (C=O) groups excluding carboxylic acids is 1. The van der Waals surface area contributed by atoms with E-state index in [0.29, 0.717) is 19.5 Å². The van der Waals surface area contributed by atoms with Crippen molar-refractivity contribution in [2.24, 2.45) is 5.73 Å². The Morgan fingerprint density at radius 1 is 1.47 bits per heavy atom. The molecule has 0 atom stereocenters. The molecule has 5 heteroatoms. The number of hydrogen-bond donors (Lipinski definition) is 2. The van der Waals surface area contributed by atoms with Gasteiger partial charge in [0.15, 0.2) is 0 Å². The first-order chi connectivity index (χ1) is 9.13. The van der Waals surface area contributed by atoms with E-state index in [9.17, 15) is 14.3 Å². The van der Waals surface area contributed by atoms with E-state index < -0.39 is 5.82 Å².